The fourth-order valence-corrected chi connectivity index (χ4v) is 2.62. The van der Waals surface area contributed by atoms with Crippen molar-refractivity contribution in [1.82, 2.24) is 9.97 Å². The first-order valence-electron chi connectivity index (χ1n) is 6.99. The third-order valence-electron chi connectivity index (χ3n) is 3.30. The van der Waals surface area contributed by atoms with E-state index in [0.29, 0.717) is 29.0 Å². The molecule has 0 saturated heterocycles. The summed E-state index contributed by atoms with van der Waals surface area (Å²) in [6.07, 6.45) is 1.57. The van der Waals surface area contributed by atoms with Gasteiger partial charge in [-0.1, -0.05) is 30.7 Å². The van der Waals surface area contributed by atoms with Crippen LogP contribution in [0.5, 0.6) is 17.4 Å². The van der Waals surface area contributed by atoms with E-state index in [1.807, 2.05) is 19.1 Å². The van der Waals surface area contributed by atoms with E-state index in [2.05, 4.69) is 29.9 Å². The van der Waals surface area contributed by atoms with Crippen molar-refractivity contribution in [3.63, 3.8) is 0 Å². The van der Waals surface area contributed by atoms with Crippen LogP contribution in [0.3, 0.4) is 0 Å². The maximum atomic E-state index is 6.00. The number of aryl methyl sites for hydroxylation is 1. The Morgan fingerprint density at radius 1 is 1.33 bits per heavy atom. The summed E-state index contributed by atoms with van der Waals surface area (Å²) < 4.78 is 11.9. The first kappa shape index (κ1) is 14.1. The van der Waals surface area contributed by atoms with Crippen LogP contribution in [0.4, 0.5) is 0 Å². The van der Waals surface area contributed by atoms with Gasteiger partial charge in [0.25, 0.3) is 0 Å². The third kappa shape index (κ3) is 2.95. The maximum absolute atomic E-state index is 6.00. The van der Waals surface area contributed by atoms with E-state index >= 15 is 0 Å². The minimum Gasteiger partial charge on any atom is -0.483 e. The zero-order valence-electron chi connectivity index (χ0n) is 12.3. The van der Waals surface area contributed by atoms with Crippen LogP contribution in [0.2, 0.25) is 5.15 Å². The van der Waals surface area contributed by atoms with Crippen molar-refractivity contribution in [2.45, 2.75) is 39.2 Å². The molecule has 0 radical (unpaired) electrons. The Bertz CT molecular complexity index is 686. The van der Waals surface area contributed by atoms with Crippen molar-refractivity contribution in [3.8, 4) is 17.4 Å². The smallest absolute Gasteiger partial charge is 0.224 e. The first-order valence-corrected chi connectivity index (χ1v) is 7.37. The number of para-hydroxylation sites is 1. The molecule has 21 heavy (non-hydrogen) atoms. The summed E-state index contributed by atoms with van der Waals surface area (Å²) >= 11 is 6.00. The second-order valence-corrected chi connectivity index (χ2v) is 6.07. The average molecular weight is 305 g/mol. The Balaban J connectivity index is 1.94. The van der Waals surface area contributed by atoms with Crippen molar-refractivity contribution >= 4 is 11.6 Å². The van der Waals surface area contributed by atoms with E-state index in [9.17, 15) is 0 Å². The van der Waals surface area contributed by atoms with Gasteiger partial charge in [0, 0.05) is 24.5 Å². The Hall–Kier alpha value is -1.81. The summed E-state index contributed by atoms with van der Waals surface area (Å²) in [6.45, 7) is 6.10. The molecule has 3 rings (SSSR count). The van der Waals surface area contributed by atoms with Gasteiger partial charge < -0.3 is 9.47 Å². The predicted molar refractivity (Wildman–Crippen MR) is 81.3 cm³/mol. The van der Waals surface area contributed by atoms with E-state index in [1.54, 1.807) is 6.07 Å². The van der Waals surface area contributed by atoms with E-state index in [-0.39, 0.29) is 5.60 Å². The monoisotopic (exact) mass is 304 g/mol. The molecule has 0 N–H and O–H groups in total. The zero-order chi connectivity index (χ0) is 15.0. The first-order chi connectivity index (χ1) is 9.97. The summed E-state index contributed by atoms with van der Waals surface area (Å²) in [5, 5.41) is 0.380. The molecule has 2 heterocycles. The van der Waals surface area contributed by atoms with Gasteiger partial charge >= 0.3 is 0 Å². The van der Waals surface area contributed by atoms with Gasteiger partial charge in [-0.05, 0) is 19.9 Å². The lowest BCUT2D eigenvalue weighted by Crippen LogP contribution is -2.24. The summed E-state index contributed by atoms with van der Waals surface area (Å²) in [5.41, 5.74) is 0.938. The molecule has 0 unspecified atom stereocenters. The van der Waals surface area contributed by atoms with E-state index in [0.717, 1.165) is 17.7 Å². The minimum absolute atomic E-state index is 0.209. The molecule has 0 fully saturated rings. The lowest BCUT2D eigenvalue weighted by Gasteiger charge is -2.18. The minimum atomic E-state index is -0.209. The van der Waals surface area contributed by atoms with Crippen LogP contribution in [-0.4, -0.2) is 15.6 Å². The fraction of sp³-hybridized carbons (Fsp3) is 0.375. The number of ether oxygens (including phenoxy) is 2. The maximum Gasteiger partial charge on any atom is 0.224 e. The molecule has 1 aromatic carbocycles. The largest absolute Gasteiger partial charge is 0.483 e. The van der Waals surface area contributed by atoms with Crippen LogP contribution in [0.25, 0.3) is 0 Å². The van der Waals surface area contributed by atoms with Gasteiger partial charge in [-0.2, -0.15) is 4.98 Å². The number of hydrogen-bond acceptors (Lipinski definition) is 4. The van der Waals surface area contributed by atoms with E-state index < -0.39 is 0 Å². The van der Waals surface area contributed by atoms with E-state index in [1.165, 1.54) is 0 Å². The normalized spacial score (nSPS) is 15.4. The molecule has 0 atom stereocenters. The number of fused-ring (bicyclic) bond motifs is 1. The Morgan fingerprint density at radius 2 is 2.14 bits per heavy atom. The molecule has 1 aromatic heterocycles. The van der Waals surface area contributed by atoms with Crippen molar-refractivity contribution in [1.29, 1.82) is 0 Å². The average Bonchev–Trinajstić information content (AvgIpc) is 2.73. The number of benzene rings is 1. The summed E-state index contributed by atoms with van der Waals surface area (Å²) in [5.74, 6) is 2.55. The molecular weight excluding hydrogens is 288 g/mol. The van der Waals surface area contributed by atoms with Crippen LogP contribution in [0, 0.1) is 0 Å². The second-order valence-electron chi connectivity index (χ2n) is 5.68. The number of halogens is 1. The van der Waals surface area contributed by atoms with E-state index in [4.69, 9.17) is 21.1 Å². The molecule has 1 aliphatic rings. The van der Waals surface area contributed by atoms with Gasteiger partial charge in [-0.3, -0.25) is 0 Å². The molecule has 0 amide bonds. The quantitative estimate of drug-likeness (QED) is 0.797. The second kappa shape index (κ2) is 5.19. The van der Waals surface area contributed by atoms with Gasteiger partial charge in [0.2, 0.25) is 5.88 Å². The molecule has 0 aliphatic carbocycles. The molecule has 5 heteroatoms. The standard InChI is InChI=1S/C16H17ClN2O2/c1-4-13-18-12(17)8-14(19-13)20-11-7-5-6-10-9-16(2,3)21-15(10)11/h5-8H,4,9H2,1-3H3. The molecule has 4 nitrogen and oxygen atoms in total. The van der Waals surface area contributed by atoms with Crippen molar-refractivity contribution in [2.24, 2.45) is 0 Å². The Labute approximate surface area is 129 Å². The fourth-order valence-electron chi connectivity index (χ4n) is 2.43. The zero-order valence-corrected chi connectivity index (χ0v) is 13.1. The highest BCUT2D eigenvalue weighted by Gasteiger charge is 2.32. The molecule has 1 aliphatic heterocycles. The van der Waals surface area contributed by atoms with Crippen molar-refractivity contribution < 1.29 is 9.47 Å². The van der Waals surface area contributed by atoms with Gasteiger partial charge in [0.15, 0.2) is 11.5 Å². The molecule has 110 valence electrons. The lowest BCUT2D eigenvalue weighted by atomic mass is 10.0. The predicted octanol–water partition coefficient (Wildman–Crippen LogP) is 4.20. The molecule has 2 aromatic rings. The highest BCUT2D eigenvalue weighted by atomic mass is 35.5. The van der Waals surface area contributed by atoms with Gasteiger partial charge in [-0.25, -0.2) is 4.98 Å². The molecule has 0 spiro atoms. The number of nitrogens with zero attached hydrogens (tertiary/aromatic N) is 2. The topological polar surface area (TPSA) is 44.2 Å². The van der Waals surface area contributed by atoms with Crippen molar-refractivity contribution in [2.75, 3.05) is 0 Å². The van der Waals surface area contributed by atoms with Crippen LogP contribution < -0.4 is 9.47 Å². The number of hydrogen-bond donors (Lipinski definition) is 0. The lowest BCUT2D eigenvalue weighted by molar-refractivity contribution is 0.135. The van der Waals surface area contributed by atoms with Gasteiger partial charge in [0.1, 0.15) is 16.6 Å². The molecule has 0 bridgehead atoms. The highest BCUT2D eigenvalue weighted by Crippen LogP contribution is 2.43. The summed E-state index contributed by atoms with van der Waals surface area (Å²) in [6, 6.07) is 7.51. The van der Waals surface area contributed by atoms with Crippen LogP contribution >= 0.6 is 11.6 Å². The number of rotatable bonds is 3. The van der Waals surface area contributed by atoms with Crippen LogP contribution in [0.1, 0.15) is 32.2 Å². The third-order valence-corrected chi connectivity index (χ3v) is 3.50. The summed E-state index contributed by atoms with van der Waals surface area (Å²) in [4.78, 5) is 8.47. The summed E-state index contributed by atoms with van der Waals surface area (Å²) in [7, 11) is 0. The van der Waals surface area contributed by atoms with Crippen molar-refractivity contribution in [3.05, 3.63) is 40.8 Å². The number of aromatic nitrogens is 2. The Kier molecular flexibility index (Phi) is 3.49. The van der Waals surface area contributed by atoms with Gasteiger partial charge in [-0.15, -0.1) is 0 Å². The van der Waals surface area contributed by atoms with Crippen LogP contribution in [-0.2, 0) is 12.8 Å². The molecular formula is C16H17ClN2O2. The highest BCUT2D eigenvalue weighted by molar-refractivity contribution is 6.29. The SMILES string of the molecule is CCc1nc(Cl)cc(Oc2cccc3c2OC(C)(C)C3)n1. The Morgan fingerprint density at radius 3 is 2.90 bits per heavy atom. The van der Waals surface area contributed by atoms with Crippen LogP contribution in [0.15, 0.2) is 24.3 Å². The molecule has 0 saturated carbocycles. The van der Waals surface area contributed by atoms with Gasteiger partial charge in [0.05, 0.1) is 0 Å².